The molecule has 1 N–H and O–H groups in total. The number of anilines is 1. The van der Waals surface area contributed by atoms with Gasteiger partial charge in [0, 0.05) is 31.3 Å². The van der Waals surface area contributed by atoms with E-state index in [-0.39, 0.29) is 0 Å². The Morgan fingerprint density at radius 1 is 1.17 bits per heavy atom. The Morgan fingerprint density at radius 3 is 2.92 bits per heavy atom. The number of rotatable bonds is 3. The summed E-state index contributed by atoms with van der Waals surface area (Å²) in [5.74, 6) is 1.75. The van der Waals surface area contributed by atoms with Crippen molar-refractivity contribution >= 4 is 16.7 Å². The normalized spacial score (nSPS) is 19.4. The first kappa shape index (κ1) is 15.2. The first-order valence-corrected chi connectivity index (χ1v) is 8.96. The predicted molar refractivity (Wildman–Crippen MR) is 97.2 cm³/mol. The van der Waals surface area contributed by atoms with Crippen molar-refractivity contribution in [2.24, 2.45) is 13.0 Å². The number of benzene rings is 1. The average molecular weight is 323 g/mol. The van der Waals surface area contributed by atoms with E-state index in [4.69, 9.17) is 0 Å². The van der Waals surface area contributed by atoms with Crippen LogP contribution in [0.4, 0.5) is 5.82 Å². The lowest BCUT2D eigenvalue weighted by Gasteiger charge is -2.28. The van der Waals surface area contributed by atoms with E-state index in [1.165, 1.54) is 42.3 Å². The molecule has 0 radical (unpaired) electrons. The van der Waals surface area contributed by atoms with E-state index in [0.717, 1.165) is 31.2 Å². The number of H-pyrrole nitrogens is 1. The summed E-state index contributed by atoms with van der Waals surface area (Å²) in [5, 5.41) is 9.68. The lowest BCUT2D eigenvalue weighted by molar-refractivity contribution is 0.403. The van der Waals surface area contributed by atoms with Crippen molar-refractivity contribution in [2.75, 3.05) is 18.0 Å². The van der Waals surface area contributed by atoms with Crippen molar-refractivity contribution in [1.82, 2.24) is 20.0 Å². The fraction of sp³-hybridized carbons (Fsp3) is 0.474. The van der Waals surface area contributed by atoms with Crippen LogP contribution in [0.2, 0.25) is 0 Å². The minimum Gasteiger partial charge on any atom is -0.358 e. The molecule has 1 aliphatic heterocycles. The van der Waals surface area contributed by atoms with Gasteiger partial charge in [0.1, 0.15) is 0 Å². The second kappa shape index (κ2) is 6.67. The van der Waals surface area contributed by atoms with Gasteiger partial charge >= 0.3 is 0 Å². The highest BCUT2D eigenvalue weighted by molar-refractivity contribution is 5.80. The lowest BCUT2D eigenvalue weighted by Crippen LogP contribution is -2.30. The third-order valence-electron chi connectivity index (χ3n) is 5.11. The first-order chi connectivity index (χ1) is 11.8. The minimum atomic E-state index is 0.734. The van der Waals surface area contributed by atoms with Gasteiger partial charge in [0.2, 0.25) is 0 Å². The molecule has 1 saturated heterocycles. The molecule has 3 aromatic rings. The summed E-state index contributed by atoms with van der Waals surface area (Å²) in [6.07, 6.45) is 8.23. The molecule has 126 valence electrons. The standard InChI is InChI=1S/C19H25N5/c1-23-14-19(21-22-23)24-10-5-4-6-15(9-11-24)12-17-13-16-7-2-3-8-18(16)20-17/h2-3,7-8,13-15,20H,4-6,9-12H2,1H3. The predicted octanol–water partition coefficient (Wildman–Crippen LogP) is 3.54. The summed E-state index contributed by atoms with van der Waals surface area (Å²) in [6, 6.07) is 10.9. The maximum absolute atomic E-state index is 4.28. The van der Waals surface area contributed by atoms with E-state index in [1.54, 1.807) is 4.68 Å². The minimum absolute atomic E-state index is 0.734. The largest absolute Gasteiger partial charge is 0.358 e. The van der Waals surface area contributed by atoms with Crippen LogP contribution in [0.1, 0.15) is 31.4 Å². The van der Waals surface area contributed by atoms with Gasteiger partial charge in [0.15, 0.2) is 5.82 Å². The summed E-state index contributed by atoms with van der Waals surface area (Å²) in [5.41, 5.74) is 2.62. The monoisotopic (exact) mass is 323 g/mol. The van der Waals surface area contributed by atoms with Crippen molar-refractivity contribution in [2.45, 2.75) is 32.1 Å². The topological polar surface area (TPSA) is 49.7 Å². The highest BCUT2D eigenvalue weighted by Gasteiger charge is 2.18. The molecule has 24 heavy (non-hydrogen) atoms. The number of aromatic nitrogens is 4. The van der Waals surface area contributed by atoms with Crippen molar-refractivity contribution < 1.29 is 0 Å². The second-order valence-electron chi connectivity index (χ2n) is 6.97. The Balaban J connectivity index is 1.43. The first-order valence-electron chi connectivity index (χ1n) is 8.96. The lowest BCUT2D eigenvalue weighted by atomic mass is 9.91. The number of hydrogen-bond acceptors (Lipinski definition) is 3. The van der Waals surface area contributed by atoms with Crippen LogP contribution in [-0.4, -0.2) is 33.1 Å². The number of nitrogens with zero attached hydrogens (tertiary/aromatic N) is 4. The number of hydrogen-bond donors (Lipinski definition) is 1. The van der Waals surface area contributed by atoms with Crippen molar-refractivity contribution in [3.63, 3.8) is 0 Å². The molecule has 1 aromatic carbocycles. The highest BCUT2D eigenvalue weighted by atomic mass is 15.4. The van der Waals surface area contributed by atoms with Crippen molar-refractivity contribution in [3.05, 3.63) is 42.2 Å². The van der Waals surface area contributed by atoms with Gasteiger partial charge in [-0.3, -0.25) is 4.68 Å². The average Bonchev–Trinajstić information content (AvgIpc) is 3.16. The molecule has 1 fully saturated rings. The zero-order chi connectivity index (χ0) is 16.4. The Labute approximate surface area is 142 Å². The zero-order valence-electron chi connectivity index (χ0n) is 14.3. The van der Waals surface area contributed by atoms with Gasteiger partial charge in [-0.05, 0) is 49.1 Å². The molecule has 1 aliphatic rings. The fourth-order valence-electron chi connectivity index (χ4n) is 3.80. The number of aromatic amines is 1. The van der Waals surface area contributed by atoms with E-state index in [0.29, 0.717) is 0 Å². The van der Waals surface area contributed by atoms with E-state index in [2.05, 4.69) is 50.5 Å². The molecule has 1 atom stereocenters. The molecule has 4 rings (SSSR count). The Bertz CT molecular complexity index is 770. The SMILES string of the molecule is Cn1cc(N2CCCCC(Cc3cc4ccccc4[nH]3)CC2)nn1. The van der Waals surface area contributed by atoms with Gasteiger partial charge in [-0.15, -0.1) is 5.10 Å². The number of aryl methyl sites for hydroxylation is 1. The Kier molecular flexibility index (Phi) is 4.24. The number of nitrogens with one attached hydrogen (secondary N) is 1. The van der Waals surface area contributed by atoms with Gasteiger partial charge in [-0.2, -0.15) is 0 Å². The van der Waals surface area contributed by atoms with Crippen LogP contribution >= 0.6 is 0 Å². The third kappa shape index (κ3) is 3.30. The molecule has 0 spiro atoms. The molecule has 3 heterocycles. The van der Waals surface area contributed by atoms with E-state index < -0.39 is 0 Å². The summed E-state index contributed by atoms with van der Waals surface area (Å²) < 4.78 is 1.79. The van der Waals surface area contributed by atoms with Gasteiger partial charge in [0.25, 0.3) is 0 Å². The Hall–Kier alpha value is -2.30. The Morgan fingerprint density at radius 2 is 2.08 bits per heavy atom. The number of para-hydroxylation sites is 1. The molecule has 1 unspecified atom stereocenters. The molecule has 0 saturated carbocycles. The quantitative estimate of drug-likeness (QED) is 0.802. The van der Waals surface area contributed by atoms with Gasteiger partial charge in [0.05, 0.1) is 6.20 Å². The molecule has 0 bridgehead atoms. The van der Waals surface area contributed by atoms with Gasteiger partial charge in [-0.25, -0.2) is 0 Å². The van der Waals surface area contributed by atoms with Crippen LogP contribution < -0.4 is 4.90 Å². The van der Waals surface area contributed by atoms with Gasteiger partial charge in [-0.1, -0.05) is 29.8 Å². The van der Waals surface area contributed by atoms with Crippen LogP contribution in [0.3, 0.4) is 0 Å². The van der Waals surface area contributed by atoms with E-state index in [1.807, 2.05) is 13.2 Å². The van der Waals surface area contributed by atoms with Crippen LogP contribution in [0, 0.1) is 5.92 Å². The summed E-state index contributed by atoms with van der Waals surface area (Å²) in [7, 11) is 1.93. The maximum Gasteiger partial charge on any atom is 0.171 e. The van der Waals surface area contributed by atoms with Crippen molar-refractivity contribution in [1.29, 1.82) is 0 Å². The maximum atomic E-state index is 4.28. The molecule has 5 nitrogen and oxygen atoms in total. The molecule has 0 aliphatic carbocycles. The molecule has 5 heteroatoms. The molecule has 2 aromatic heterocycles. The second-order valence-corrected chi connectivity index (χ2v) is 6.97. The smallest absolute Gasteiger partial charge is 0.171 e. The highest BCUT2D eigenvalue weighted by Crippen LogP contribution is 2.25. The van der Waals surface area contributed by atoms with Crippen molar-refractivity contribution in [3.8, 4) is 0 Å². The van der Waals surface area contributed by atoms with Crippen LogP contribution in [0.15, 0.2) is 36.5 Å². The summed E-state index contributed by atoms with van der Waals surface area (Å²) in [6.45, 7) is 2.17. The summed E-state index contributed by atoms with van der Waals surface area (Å²) >= 11 is 0. The van der Waals surface area contributed by atoms with Gasteiger partial charge < -0.3 is 9.88 Å². The summed E-state index contributed by atoms with van der Waals surface area (Å²) in [4.78, 5) is 5.98. The molecule has 0 amide bonds. The van der Waals surface area contributed by atoms with E-state index in [9.17, 15) is 0 Å². The third-order valence-corrected chi connectivity index (χ3v) is 5.11. The van der Waals surface area contributed by atoms with Crippen LogP contribution in [-0.2, 0) is 13.5 Å². The van der Waals surface area contributed by atoms with Crippen LogP contribution in [0.5, 0.6) is 0 Å². The molecular weight excluding hydrogens is 298 g/mol. The zero-order valence-corrected chi connectivity index (χ0v) is 14.3. The molecular formula is C19H25N5. The van der Waals surface area contributed by atoms with E-state index >= 15 is 0 Å². The van der Waals surface area contributed by atoms with Crippen LogP contribution in [0.25, 0.3) is 10.9 Å². The number of fused-ring (bicyclic) bond motifs is 1. The fourth-order valence-corrected chi connectivity index (χ4v) is 3.80.